The van der Waals surface area contributed by atoms with Gasteiger partial charge in [0.05, 0.1) is 10.8 Å². The fourth-order valence-corrected chi connectivity index (χ4v) is 4.00. The van der Waals surface area contributed by atoms with Crippen LogP contribution >= 0.6 is 0 Å². The highest BCUT2D eigenvalue weighted by Gasteiger charge is 2.31. The van der Waals surface area contributed by atoms with Crippen LogP contribution in [-0.4, -0.2) is 22.4 Å². The Morgan fingerprint density at radius 3 is 1.03 bits per heavy atom. The molecule has 0 aliphatic heterocycles. The average Bonchev–Trinajstić information content (AvgIpc) is 2.85. The highest BCUT2D eigenvalue weighted by Crippen LogP contribution is 2.52. The molecule has 0 radical (unpaired) electrons. The van der Waals surface area contributed by atoms with Gasteiger partial charge in [-0.05, 0) is 93.2 Å². The van der Waals surface area contributed by atoms with E-state index in [1.807, 2.05) is 12.1 Å². The van der Waals surface area contributed by atoms with Gasteiger partial charge in [0, 0.05) is 10.8 Å². The Morgan fingerprint density at radius 1 is 0.447 bits per heavy atom. The fourth-order valence-electron chi connectivity index (χ4n) is 4.00. The summed E-state index contributed by atoms with van der Waals surface area (Å²) in [7, 11) is 0. The zero-order chi connectivity index (χ0) is 28.5. The SMILES string of the molecule is CCC(C)(C)Oc1cccc2c(OC(C)(C)CC)c3c(OC(C)(C)CC)cccc3c(OC(C)(C)CC)c12. The van der Waals surface area contributed by atoms with E-state index in [1.165, 1.54) is 0 Å². The van der Waals surface area contributed by atoms with E-state index in [0.717, 1.165) is 70.2 Å². The molecule has 0 spiro atoms. The molecule has 3 aromatic rings. The number of rotatable bonds is 12. The van der Waals surface area contributed by atoms with E-state index in [2.05, 4.69) is 107 Å². The summed E-state index contributed by atoms with van der Waals surface area (Å²) in [6, 6.07) is 12.4. The summed E-state index contributed by atoms with van der Waals surface area (Å²) in [6.45, 7) is 25.6. The van der Waals surface area contributed by atoms with Crippen LogP contribution in [0.4, 0.5) is 0 Å². The molecule has 0 saturated carbocycles. The number of fused-ring (bicyclic) bond motifs is 2. The molecule has 3 rings (SSSR count). The first kappa shape index (κ1) is 29.9. The molecule has 3 aromatic carbocycles. The van der Waals surface area contributed by atoms with E-state index in [0.29, 0.717) is 0 Å². The summed E-state index contributed by atoms with van der Waals surface area (Å²) in [5.41, 5.74) is -1.42. The molecule has 0 aliphatic rings. The summed E-state index contributed by atoms with van der Waals surface area (Å²) >= 11 is 0. The van der Waals surface area contributed by atoms with Gasteiger partial charge in [-0.1, -0.05) is 52.0 Å². The van der Waals surface area contributed by atoms with E-state index in [4.69, 9.17) is 18.9 Å². The van der Waals surface area contributed by atoms with Crippen molar-refractivity contribution in [3.8, 4) is 23.0 Å². The second kappa shape index (κ2) is 10.9. The second-order valence-electron chi connectivity index (χ2n) is 12.9. The van der Waals surface area contributed by atoms with Crippen LogP contribution in [0.5, 0.6) is 23.0 Å². The van der Waals surface area contributed by atoms with Gasteiger partial charge in [-0.2, -0.15) is 0 Å². The third-order valence-electron chi connectivity index (χ3n) is 7.93. The van der Waals surface area contributed by atoms with Gasteiger partial charge in [0.1, 0.15) is 45.4 Å². The van der Waals surface area contributed by atoms with Crippen molar-refractivity contribution in [3.05, 3.63) is 36.4 Å². The Morgan fingerprint density at radius 2 is 0.737 bits per heavy atom. The second-order valence-corrected chi connectivity index (χ2v) is 12.9. The number of ether oxygens (including phenoxy) is 4. The molecule has 0 aromatic heterocycles. The fraction of sp³-hybridized carbons (Fsp3) is 0.588. The molecule has 0 fully saturated rings. The molecular formula is C34H50O4. The summed E-state index contributed by atoms with van der Waals surface area (Å²) in [4.78, 5) is 0. The standard InChI is InChI=1S/C34H50O4/c1-13-31(5,6)35-25-21-17-19-23-27(25)29(37-33(9,10)15-3)24-20-18-22-26(36-32(7,8)14-2)28(24)30(23)38-34(11,12)16-4/h17-22H,13-16H2,1-12H3. The number of hydrogen-bond acceptors (Lipinski definition) is 4. The van der Waals surface area contributed by atoms with E-state index in [-0.39, 0.29) is 22.4 Å². The predicted molar refractivity (Wildman–Crippen MR) is 161 cm³/mol. The van der Waals surface area contributed by atoms with Crippen LogP contribution in [0.2, 0.25) is 0 Å². The lowest BCUT2D eigenvalue weighted by atomic mass is 9.96. The minimum absolute atomic E-state index is 0.333. The van der Waals surface area contributed by atoms with Crippen LogP contribution in [0, 0.1) is 0 Å². The summed E-state index contributed by atoms with van der Waals surface area (Å²) < 4.78 is 27.1. The van der Waals surface area contributed by atoms with E-state index < -0.39 is 0 Å². The molecule has 4 heteroatoms. The van der Waals surface area contributed by atoms with Gasteiger partial charge in [-0.15, -0.1) is 0 Å². The van der Waals surface area contributed by atoms with Crippen LogP contribution in [0.25, 0.3) is 21.5 Å². The van der Waals surface area contributed by atoms with Crippen molar-refractivity contribution in [1.29, 1.82) is 0 Å². The minimum atomic E-state index is -0.377. The van der Waals surface area contributed by atoms with Crippen molar-refractivity contribution >= 4 is 21.5 Å². The molecule has 0 amide bonds. The summed E-state index contributed by atoms with van der Waals surface area (Å²) in [5, 5.41) is 3.82. The van der Waals surface area contributed by atoms with E-state index in [9.17, 15) is 0 Å². The molecular weight excluding hydrogens is 472 g/mol. The van der Waals surface area contributed by atoms with Gasteiger partial charge in [-0.3, -0.25) is 0 Å². The maximum absolute atomic E-state index is 6.90. The molecule has 0 N–H and O–H groups in total. The van der Waals surface area contributed by atoms with Gasteiger partial charge in [0.15, 0.2) is 0 Å². The van der Waals surface area contributed by atoms with E-state index in [1.54, 1.807) is 0 Å². The average molecular weight is 523 g/mol. The van der Waals surface area contributed by atoms with Gasteiger partial charge < -0.3 is 18.9 Å². The van der Waals surface area contributed by atoms with Gasteiger partial charge in [-0.25, -0.2) is 0 Å². The molecule has 0 saturated heterocycles. The Hall–Kier alpha value is -2.62. The maximum atomic E-state index is 6.90. The third kappa shape index (κ3) is 6.50. The molecule has 0 aliphatic carbocycles. The van der Waals surface area contributed by atoms with Crippen molar-refractivity contribution < 1.29 is 18.9 Å². The molecule has 0 atom stereocenters. The van der Waals surface area contributed by atoms with Gasteiger partial charge >= 0.3 is 0 Å². The van der Waals surface area contributed by atoms with Crippen LogP contribution in [0.3, 0.4) is 0 Å². The molecule has 38 heavy (non-hydrogen) atoms. The molecule has 0 heterocycles. The van der Waals surface area contributed by atoms with Crippen LogP contribution in [0.1, 0.15) is 109 Å². The van der Waals surface area contributed by atoms with Crippen molar-refractivity contribution in [2.75, 3.05) is 0 Å². The van der Waals surface area contributed by atoms with Gasteiger partial charge in [0.25, 0.3) is 0 Å². The van der Waals surface area contributed by atoms with Crippen molar-refractivity contribution in [2.24, 2.45) is 0 Å². The lowest BCUT2D eigenvalue weighted by Crippen LogP contribution is -2.29. The Balaban J connectivity index is 2.56. The number of benzene rings is 3. The Kier molecular flexibility index (Phi) is 8.56. The highest BCUT2D eigenvalue weighted by molar-refractivity contribution is 6.15. The first-order valence-electron chi connectivity index (χ1n) is 14.4. The third-order valence-corrected chi connectivity index (χ3v) is 7.93. The first-order valence-corrected chi connectivity index (χ1v) is 14.4. The summed E-state index contributed by atoms with van der Waals surface area (Å²) in [6.07, 6.45) is 3.48. The quantitative estimate of drug-likeness (QED) is 0.222. The van der Waals surface area contributed by atoms with Crippen LogP contribution in [-0.2, 0) is 0 Å². The van der Waals surface area contributed by atoms with Gasteiger partial charge in [0.2, 0.25) is 0 Å². The topological polar surface area (TPSA) is 36.9 Å². The highest BCUT2D eigenvalue weighted by atomic mass is 16.5. The zero-order valence-corrected chi connectivity index (χ0v) is 25.9. The molecule has 0 bridgehead atoms. The lowest BCUT2D eigenvalue weighted by Gasteiger charge is -2.33. The monoisotopic (exact) mass is 522 g/mol. The smallest absolute Gasteiger partial charge is 0.139 e. The lowest BCUT2D eigenvalue weighted by molar-refractivity contribution is 0.0978. The molecule has 210 valence electrons. The Bertz CT molecular complexity index is 1170. The largest absolute Gasteiger partial charge is 0.487 e. The first-order chi connectivity index (χ1) is 17.6. The molecule has 4 nitrogen and oxygen atoms in total. The van der Waals surface area contributed by atoms with E-state index >= 15 is 0 Å². The number of hydrogen-bond donors (Lipinski definition) is 0. The maximum Gasteiger partial charge on any atom is 0.139 e. The zero-order valence-electron chi connectivity index (χ0n) is 25.9. The van der Waals surface area contributed by atoms with Crippen molar-refractivity contribution in [1.82, 2.24) is 0 Å². The minimum Gasteiger partial charge on any atom is -0.487 e. The Labute approximate surface area is 231 Å². The molecule has 0 unspecified atom stereocenters. The summed E-state index contributed by atoms with van der Waals surface area (Å²) in [5.74, 6) is 3.23. The van der Waals surface area contributed by atoms with Crippen LogP contribution < -0.4 is 18.9 Å². The van der Waals surface area contributed by atoms with Crippen LogP contribution in [0.15, 0.2) is 36.4 Å². The van der Waals surface area contributed by atoms with Crippen molar-refractivity contribution in [3.63, 3.8) is 0 Å². The predicted octanol–water partition coefficient (Wildman–Crippen LogP) is 10.3. The van der Waals surface area contributed by atoms with Crippen molar-refractivity contribution in [2.45, 2.75) is 131 Å². The normalized spacial score (nSPS) is 13.2.